The van der Waals surface area contributed by atoms with E-state index >= 15 is 0 Å². The molecule has 0 bridgehead atoms. The van der Waals surface area contributed by atoms with Crippen molar-refractivity contribution in [2.75, 3.05) is 39.4 Å². The molecule has 8 heteroatoms. The molecular weight excluding hydrogens is 430 g/mol. The van der Waals surface area contributed by atoms with E-state index in [2.05, 4.69) is 23.1 Å². The molecule has 31 heavy (non-hydrogen) atoms. The molecule has 1 atom stereocenters. The van der Waals surface area contributed by atoms with Gasteiger partial charge in [-0.15, -0.1) is 11.3 Å². The maximum atomic E-state index is 13.0. The minimum absolute atomic E-state index is 0.381. The third kappa shape index (κ3) is 4.54. The molecule has 3 aromatic rings. The van der Waals surface area contributed by atoms with Crippen LogP contribution in [-0.2, 0) is 21.3 Å². The summed E-state index contributed by atoms with van der Waals surface area (Å²) < 4.78 is 34.1. The predicted octanol–water partition coefficient (Wildman–Crippen LogP) is 3.70. The Morgan fingerprint density at radius 1 is 1.06 bits per heavy atom. The van der Waals surface area contributed by atoms with E-state index in [1.165, 1.54) is 14.0 Å². The Kier molecular flexibility index (Phi) is 6.08. The van der Waals surface area contributed by atoms with Crippen molar-refractivity contribution in [1.82, 2.24) is 14.2 Å². The average molecular weight is 458 g/mol. The molecule has 2 fully saturated rings. The summed E-state index contributed by atoms with van der Waals surface area (Å²) >= 11 is 1.80. The van der Waals surface area contributed by atoms with Gasteiger partial charge in [0.15, 0.2) is 0 Å². The van der Waals surface area contributed by atoms with Crippen molar-refractivity contribution in [3.63, 3.8) is 0 Å². The highest BCUT2D eigenvalue weighted by atomic mass is 32.2. The van der Waals surface area contributed by atoms with Crippen LogP contribution in [0.2, 0.25) is 0 Å². The van der Waals surface area contributed by atoms with Crippen molar-refractivity contribution in [3.8, 4) is 0 Å². The van der Waals surface area contributed by atoms with E-state index in [1.54, 1.807) is 17.4 Å². The molecule has 0 amide bonds. The number of piperidine rings is 1. The zero-order valence-corrected chi connectivity index (χ0v) is 19.1. The molecule has 2 aromatic carbocycles. The Balaban J connectivity index is 1.30. The van der Waals surface area contributed by atoms with Crippen molar-refractivity contribution < 1.29 is 13.2 Å². The van der Waals surface area contributed by atoms with E-state index in [-0.39, 0.29) is 0 Å². The van der Waals surface area contributed by atoms with Crippen molar-refractivity contribution >= 4 is 31.6 Å². The summed E-state index contributed by atoms with van der Waals surface area (Å²) in [5.74, 6) is 0.436. The largest absolute Gasteiger partial charge is 0.379 e. The molecular formula is C23H27N3O3S2. The third-order valence-corrected chi connectivity index (χ3v) is 9.17. The van der Waals surface area contributed by atoms with E-state index in [0.717, 1.165) is 43.6 Å². The van der Waals surface area contributed by atoms with Gasteiger partial charge in [-0.05, 0) is 49.2 Å². The highest BCUT2D eigenvalue weighted by Crippen LogP contribution is 2.33. The molecule has 6 nitrogen and oxygen atoms in total. The fourth-order valence-corrected chi connectivity index (χ4v) is 7.04. The van der Waals surface area contributed by atoms with Crippen LogP contribution in [-0.4, -0.2) is 62.0 Å². The molecule has 0 spiro atoms. The minimum atomic E-state index is -3.47. The number of rotatable bonds is 5. The number of nitrogens with zero attached hydrogens (tertiary/aromatic N) is 3. The number of thiazole rings is 1. The van der Waals surface area contributed by atoms with Crippen LogP contribution in [0.1, 0.15) is 29.3 Å². The first-order valence-electron chi connectivity index (χ1n) is 10.8. The number of hydrogen-bond acceptors (Lipinski definition) is 6. The number of fused-ring (bicyclic) bond motifs is 1. The summed E-state index contributed by atoms with van der Waals surface area (Å²) in [6, 6.07) is 15.7. The molecule has 5 rings (SSSR count). The van der Waals surface area contributed by atoms with Gasteiger partial charge in [0.2, 0.25) is 10.0 Å². The average Bonchev–Trinajstić information content (AvgIpc) is 3.25. The van der Waals surface area contributed by atoms with Crippen LogP contribution >= 0.6 is 11.3 Å². The van der Waals surface area contributed by atoms with Gasteiger partial charge in [0, 0.05) is 32.1 Å². The Bertz CT molecular complexity index is 1120. The Morgan fingerprint density at radius 3 is 2.74 bits per heavy atom. The number of hydrogen-bond donors (Lipinski definition) is 0. The zero-order valence-electron chi connectivity index (χ0n) is 17.4. The number of sulfonamides is 1. The van der Waals surface area contributed by atoms with E-state index in [9.17, 15) is 8.42 Å². The second-order valence-corrected chi connectivity index (χ2v) is 11.3. The zero-order chi connectivity index (χ0) is 21.3. The van der Waals surface area contributed by atoms with E-state index < -0.39 is 10.0 Å². The lowest BCUT2D eigenvalue weighted by atomic mass is 9.98. The van der Waals surface area contributed by atoms with Gasteiger partial charge in [-0.1, -0.05) is 24.3 Å². The van der Waals surface area contributed by atoms with Gasteiger partial charge in [-0.3, -0.25) is 4.90 Å². The predicted molar refractivity (Wildman–Crippen MR) is 123 cm³/mol. The van der Waals surface area contributed by atoms with Gasteiger partial charge >= 0.3 is 0 Å². The number of likely N-dealkylation sites (tertiary alicyclic amines) is 1. The molecule has 1 aromatic heterocycles. The SMILES string of the molecule is O=S(=O)(c1cccc(CN2CCCC(c3nc4ccccc4s3)C2)c1)N1CCOCC1. The molecule has 0 radical (unpaired) electrons. The van der Waals surface area contributed by atoms with Crippen LogP contribution in [0.3, 0.4) is 0 Å². The number of benzene rings is 2. The molecule has 2 aliphatic rings. The molecule has 2 saturated heterocycles. The van der Waals surface area contributed by atoms with Crippen LogP contribution in [0.4, 0.5) is 0 Å². The van der Waals surface area contributed by atoms with Crippen LogP contribution in [0, 0.1) is 0 Å². The van der Waals surface area contributed by atoms with Gasteiger partial charge in [-0.2, -0.15) is 4.31 Å². The summed E-state index contributed by atoms with van der Waals surface area (Å²) in [6.45, 7) is 4.50. The monoisotopic (exact) mass is 457 g/mol. The van der Waals surface area contributed by atoms with Crippen molar-refractivity contribution in [3.05, 3.63) is 59.1 Å². The number of para-hydroxylation sites is 1. The fraction of sp³-hybridized carbons (Fsp3) is 0.435. The van der Waals surface area contributed by atoms with E-state index in [4.69, 9.17) is 9.72 Å². The Hall–Kier alpha value is -1.84. The maximum absolute atomic E-state index is 13.0. The van der Waals surface area contributed by atoms with Gasteiger partial charge in [-0.25, -0.2) is 13.4 Å². The van der Waals surface area contributed by atoms with Gasteiger partial charge < -0.3 is 4.74 Å². The minimum Gasteiger partial charge on any atom is -0.379 e. The first kappa shape index (κ1) is 21.0. The second kappa shape index (κ2) is 8.96. The van der Waals surface area contributed by atoms with E-state index in [0.29, 0.717) is 37.1 Å². The molecule has 0 aliphatic carbocycles. The first-order chi connectivity index (χ1) is 15.1. The lowest BCUT2D eigenvalue weighted by Crippen LogP contribution is -2.40. The molecule has 3 heterocycles. The third-order valence-electron chi connectivity index (χ3n) is 6.08. The number of aromatic nitrogens is 1. The summed E-state index contributed by atoms with van der Waals surface area (Å²) in [5, 5.41) is 1.22. The number of morpholine rings is 1. The maximum Gasteiger partial charge on any atom is 0.243 e. The lowest BCUT2D eigenvalue weighted by Gasteiger charge is -2.32. The summed E-state index contributed by atoms with van der Waals surface area (Å²) in [6.07, 6.45) is 2.29. The highest BCUT2D eigenvalue weighted by Gasteiger charge is 2.27. The quantitative estimate of drug-likeness (QED) is 0.585. The highest BCUT2D eigenvalue weighted by molar-refractivity contribution is 7.89. The molecule has 0 saturated carbocycles. The van der Waals surface area contributed by atoms with Crippen LogP contribution in [0.25, 0.3) is 10.2 Å². The van der Waals surface area contributed by atoms with Gasteiger partial charge in [0.05, 0.1) is 33.3 Å². The topological polar surface area (TPSA) is 62.7 Å². The fourth-order valence-electron chi connectivity index (χ4n) is 4.46. The number of ether oxygens (including phenoxy) is 1. The van der Waals surface area contributed by atoms with E-state index in [1.807, 2.05) is 24.3 Å². The van der Waals surface area contributed by atoms with Gasteiger partial charge in [0.25, 0.3) is 0 Å². The van der Waals surface area contributed by atoms with Gasteiger partial charge in [0.1, 0.15) is 0 Å². The summed E-state index contributed by atoms with van der Waals surface area (Å²) in [4.78, 5) is 7.69. The molecule has 2 aliphatic heterocycles. The standard InChI is InChI=1S/C23H27N3O3S2/c27-31(28,26-11-13-29-14-12-26)20-7-3-5-18(15-20)16-25-10-4-6-19(17-25)23-24-21-8-1-2-9-22(21)30-23/h1-3,5,7-9,15,19H,4,6,10-14,16-17H2. The smallest absolute Gasteiger partial charge is 0.243 e. The van der Waals surface area contributed by atoms with Crippen molar-refractivity contribution in [2.45, 2.75) is 30.2 Å². The van der Waals surface area contributed by atoms with Crippen LogP contribution in [0.5, 0.6) is 0 Å². The van der Waals surface area contributed by atoms with Crippen LogP contribution < -0.4 is 0 Å². The first-order valence-corrected chi connectivity index (χ1v) is 13.1. The molecule has 0 N–H and O–H groups in total. The normalized spacial score (nSPS) is 21.5. The molecule has 164 valence electrons. The van der Waals surface area contributed by atoms with Crippen LogP contribution in [0.15, 0.2) is 53.4 Å². The Labute approximate surface area is 187 Å². The molecule has 1 unspecified atom stereocenters. The second-order valence-electron chi connectivity index (χ2n) is 8.26. The van der Waals surface area contributed by atoms with Crippen molar-refractivity contribution in [2.24, 2.45) is 0 Å². The Morgan fingerprint density at radius 2 is 1.90 bits per heavy atom. The van der Waals surface area contributed by atoms with Crippen molar-refractivity contribution in [1.29, 1.82) is 0 Å². The summed E-state index contributed by atoms with van der Waals surface area (Å²) in [7, 11) is -3.47. The summed E-state index contributed by atoms with van der Waals surface area (Å²) in [5.41, 5.74) is 2.12. The lowest BCUT2D eigenvalue weighted by molar-refractivity contribution is 0.0730.